The zero-order valence-corrected chi connectivity index (χ0v) is 8.98. The molecule has 0 aliphatic heterocycles. The van der Waals surface area contributed by atoms with Crippen molar-refractivity contribution in [2.24, 2.45) is 22.7 Å². The molecule has 4 unspecified atom stereocenters. The van der Waals surface area contributed by atoms with E-state index in [0.29, 0.717) is 0 Å². The van der Waals surface area contributed by atoms with Gasteiger partial charge in [-0.2, -0.15) is 0 Å². The largest absolute Gasteiger partial charge is 0.0651 e. The van der Waals surface area contributed by atoms with Crippen LogP contribution in [0.1, 0.15) is 53.4 Å². The summed E-state index contributed by atoms with van der Waals surface area (Å²) in [5, 5.41) is 0. The van der Waals surface area contributed by atoms with Crippen LogP contribution in [0, 0.1) is 22.7 Å². The zero-order valence-electron chi connectivity index (χ0n) is 8.98. The summed E-state index contributed by atoms with van der Waals surface area (Å²) in [7, 11) is 0. The Balaban J connectivity index is 1.92. The first-order valence-electron chi connectivity index (χ1n) is 5.60. The van der Waals surface area contributed by atoms with Gasteiger partial charge in [-0.05, 0) is 41.9 Å². The monoisotopic (exact) mass is 166 g/mol. The summed E-state index contributed by atoms with van der Waals surface area (Å²) in [5.74, 6) is 2.09. The highest BCUT2D eigenvalue weighted by molar-refractivity contribution is 5.32. The molecule has 2 saturated carbocycles. The molecule has 0 aromatic heterocycles. The van der Waals surface area contributed by atoms with Crippen molar-refractivity contribution < 1.29 is 0 Å². The molecule has 0 spiro atoms. The van der Waals surface area contributed by atoms with E-state index in [9.17, 15) is 0 Å². The molecule has 2 fully saturated rings. The Morgan fingerprint density at radius 2 is 2.08 bits per heavy atom. The molecule has 2 rings (SSSR count). The molecule has 70 valence electrons. The highest BCUT2D eigenvalue weighted by Gasteiger charge is 2.84. The molecule has 2 aliphatic carbocycles. The smallest absolute Gasteiger partial charge is 0.0201 e. The lowest BCUT2D eigenvalue weighted by atomic mass is 9.82. The lowest BCUT2D eigenvalue weighted by Gasteiger charge is -2.23. The Morgan fingerprint density at radius 3 is 2.42 bits per heavy atom. The van der Waals surface area contributed by atoms with Crippen molar-refractivity contribution in [2.75, 3.05) is 0 Å². The standard InChI is InChI=1S/C12H22/c1-5-9(3)7-12-8-10(12)11(12,4)6-2/h9-10H,5-8H2,1-4H3. The van der Waals surface area contributed by atoms with Crippen molar-refractivity contribution in [1.82, 2.24) is 0 Å². The first-order valence-corrected chi connectivity index (χ1v) is 5.60. The van der Waals surface area contributed by atoms with Crippen molar-refractivity contribution in [3.8, 4) is 0 Å². The van der Waals surface area contributed by atoms with E-state index in [-0.39, 0.29) is 0 Å². The van der Waals surface area contributed by atoms with Crippen molar-refractivity contribution >= 4 is 0 Å². The predicted molar refractivity (Wildman–Crippen MR) is 53.0 cm³/mol. The fourth-order valence-electron chi connectivity index (χ4n) is 3.41. The van der Waals surface area contributed by atoms with E-state index in [1.807, 2.05) is 0 Å². The van der Waals surface area contributed by atoms with Gasteiger partial charge in [0.25, 0.3) is 0 Å². The van der Waals surface area contributed by atoms with E-state index < -0.39 is 0 Å². The molecule has 0 heteroatoms. The number of hydrogen-bond donors (Lipinski definition) is 0. The fraction of sp³-hybridized carbons (Fsp3) is 1.00. The molecule has 0 radical (unpaired) electrons. The van der Waals surface area contributed by atoms with Crippen LogP contribution in [-0.2, 0) is 0 Å². The maximum atomic E-state index is 2.50. The van der Waals surface area contributed by atoms with Gasteiger partial charge in [0.05, 0.1) is 0 Å². The van der Waals surface area contributed by atoms with Crippen LogP contribution in [0.5, 0.6) is 0 Å². The van der Waals surface area contributed by atoms with Crippen molar-refractivity contribution in [3.63, 3.8) is 0 Å². The minimum absolute atomic E-state index is 0.774. The SMILES string of the molecule is CCC(C)CC12CC1C2(C)CC. The van der Waals surface area contributed by atoms with Gasteiger partial charge in [-0.3, -0.25) is 0 Å². The maximum absolute atomic E-state index is 2.50. The Kier molecular flexibility index (Phi) is 1.63. The van der Waals surface area contributed by atoms with Crippen LogP contribution in [0.4, 0.5) is 0 Å². The average Bonchev–Trinajstić information content (AvgIpc) is 2.90. The Labute approximate surface area is 76.7 Å². The average molecular weight is 166 g/mol. The summed E-state index contributed by atoms with van der Waals surface area (Å²) in [6.45, 7) is 9.61. The van der Waals surface area contributed by atoms with Crippen LogP contribution >= 0.6 is 0 Å². The van der Waals surface area contributed by atoms with Crippen molar-refractivity contribution in [3.05, 3.63) is 0 Å². The molecule has 0 saturated heterocycles. The normalized spacial score (nSPS) is 51.5. The van der Waals surface area contributed by atoms with Crippen LogP contribution in [0.25, 0.3) is 0 Å². The highest BCUT2D eigenvalue weighted by Crippen LogP contribution is 2.90. The molecule has 4 atom stereocenters. The summed E-state index contributed by atoms with van der Waals surface area (Å²) in [4.78, 5) is 0. The molecule has 0 heterocycles. The third-order valence-electron chi connectivity index (χ3n) is 5.04. The Bertz CT molecular complexity index is 196. The molecule has 0 bridgehead atoms. The second kappa shape index (κ2) is 2.27. The first-order chi connectivity index (χ1) is 5.60. The number of rotatable bonds is 4. The van der Waals surface area contributed by atoms with E-state index in [0.717, 1.165) is 22.7 Å². The first kappa shape index (κ1) is 8.59. The van der Waals surface area contributed by atoms with Gasteiger partial charge in [0.1, 0.15) is 0 Å². The highest BCUT2D eigenvalue weighted by atomic mass is 14.9. The maximum Gasteiger partial charge on any atom is -0.0201 e. The Hall–Kier alpha value is 0. The van der Waals surface area contributed by atoms with Crippen molar-refractivity contribution in [2.45, 2.75) is 53.4 Å². The van der Waals surface area contributed by atoms with E-state index in [1.165, 1.54) is 19.3 Å². The number of fused-ring (bicyclic) bond motifs is 1. The van der Waals surface area contributed by atoms with Crippen LogP contribution < -0.4 is 0 Å². The molecule has 0 nitrogen and oxygen atoms in total. The molecule has 2 aliphatic rings. The van der Waals surface area contributed by atoms with Gasteiger partial charge in [0.2, 0.25) is 0 Å². The molecular weight excluding hydrogens is 144 g/mol. The summed E-state index contributed by atoms with van der Waals surface area (Å²) in [6.07, 6.45) is 5.85. The van der Waals surface area contributed by atoms with E-state index >= 15 is 0 Å². The van der Waals surface area contributed by atoms with E-state index in [2.05, 4.69) is 27.7 Å². The van der Waals surface area contributed by atoms with Gasteiger partial charge >= 0.3 is 0 Å². The van der Waals surface area contributed by atoms with E-state index in [4.69, 9.17) is 0 Å². The predicted octanol–water partition coefficient (Wildman–Crippen LogP) is 3.86. The lowest BCUT2D eigenvalue weighted by Crippen LogP contribution is -2.13. The van der Waals surface area contributed by atoms with E-state index in [1.54, 1.807) is 6.42 Å². The topological polar surface area (TPSA) is 0 Å². The second-order valence-electron chi connectivity index (χ2n) is 5.40. The van der Waals surface area contributed by atoms with Crippen LogP contribution in [0.15, 0.2) is 0 Å². The molecule has 12 heavy (non-hydrogen) atoms. The summed E-state index contributed by atoms with van der Waals surface area (Å²) in [6, 6.07) is 0. The quantitative estimate of drug-likeness (QED) is 0.595. The van der Waals surface area contributed by atoms with Crippen molar-refractivity contribution in [1.29, 1.82) is 0 Å². The molecular formula is C12H22. The fourth-order valence-corrected chi connectivity index (χ4v) is 3.41. The van der Waals surface area contributed by atoms with Gasteiger partial charge in [0, 0.05) is 0 Å². The lowest BCUT2D eigenvalue weighted by molar-refractivity contribution is 0.272. The molecule has 0 N–H and O–H groups in total. The zero-order chi connectivity index (χ0) is 8.98. The second-order valence-corrected chi connectivity index (χ2v) is 5.40. The van der Waals surface area contributed by atoms with Gasteiger partial charge in [0.15, 0.2) is 0 Å². The van der Waals surface area contributed by atoms with Gasteiger partial charge in [-0.15, -0.1) is 0 Å². The van der Waals surface area contributed by atoms with Gasteiger partial charge < -0.3 is 0 Å². The van der Waals surface area contributed by atoms with Gasteiger partial charge in [-0.1, -0.05) is 34.1 Å². The summed E-state index contributed by atoms with van der Waals surface area (Å²) < 4.78 is 0. The summed E-state index contributed by atoms with van der Waals surface area (Å²) in [5.41, 5.74) is 1.62. The molecule has 0 amide bonds. The van der Waals surface area contributed by atoms with Crippen LogP contribution in [0.3, 0.4) is 0 Å². The molecule has 0 aromatic carbocycles. The summed E-state index contributed by atoms with van der Waals surface area (Å²) >= 11 is 0. The third kappa shape index (κ3) is 0.791. The van der Waals surface area contributed by atoms with Crippen LogP contribution in [-0.4, -0.2) is 0 Å². The van der Waals surface area contributed by atoms with Crippen LogP contribution in [0.2, 0.25) is 0 Å². The Morgan fingerprint density at radius 1 is 1.42 bits per heavy atom. The third-order valence-corrected chi connectivity index (χ3v) is 5.04. The van der Waals surface area contributed by atoms with Gasteiger partial charge in [-0.25, -0.2) is 0 Å². The number of hydrogen-bond acceptors (Lipinski definition) is 0. The minimum atomic E-state index is 0.774. The minimum Gasteiger partial charge on any atom is -0.0651 e. The molecule has 0 aromatic rings.